The third kappa shape index (κ3) is 3.63. The number of esters is 1. The first-order valence-electron chi connectivity index (χ1n) is 5.06. The Labute approximate surface area is 97.0 Å². The van der Waals surface area contributed by atoms with Gasteiger partial charge in [0.2, 0.25) is 5.88 Å². The summed E-state index contributed by atoms with van der Waals surface area (Å²) in [7, 11) is 0. The number of aromatic nitrogens is 1. The van der Waals surface area contributed by atoms with Crippen molar-refractivity contribution in [1.82, 2.24) is 4.98 Å². The lowest BCUT2D eigenvalue weighted by atomic mass is 10.2. The summed E-state index contributed by atoms with van der Waals surface area (Å²) < 4.78 is 5.95. The molecule has 0 saturated heterocycles. The quantitative estimate of drug-likeness (QED) is 0.789. The van der Waals surface area contributed by atoms with Crippen LogP contribution in [0.15, 0.2) is 22.8 Å². The SMILES string of the molecule is O=C(CCC1CC1)Oc1ccc(Br)cn1. The van der Waals surface area contributed by atoms with Crippen LogP contribution in [-0.2, 0) is 4.79 Å². The van der Waals surface area contributed by atoms with Crippen LogP contribution in [0.5, 0.6) is 5.88 Å². The summed E-state index contributed by atoms with van der Waals surface area (Å²) in [4.78, 5) is 15.3. The van der Waals surface area contributed by atoms with Gasteiger partial charge in [-0.3, -0.25) is 4.79 Å². The van der Waals surface area contributed by atoms with Gasteiger partial charge in [-0.15, -0.1) is 0 Å². The van der Waals surface area contributed by atoms with Gasteiger partial charge in [0.1, 0.15) is 0 Å². The zero-order valence-electron chi connectivity index (χ0n) is 8.28. The van der Waals surface area contributed by atoms with Crippen LogP contribution in [0, 0.1) is 5.92 Å². The van der Waals surface area contributed by atoms with E-state index in [9.17, 15) is 4.79 Å². The molecule has 0 spiro atoms. The summed E-state index contributed by atoms with van der Waals surface area (Å²) in [5, 5.41) is 0. The molecule has 1 saturated carbocycles. The van der Waals surface area contributed by atoms with Gasteiger partial charge in [0.05, 0.1) is 0 Å². The van der Waals surface area contributed by atoms with Gasteiger partial charge in [0.15, 0.2) is 0 Å². The molecule has 80 valence electrons. The van der Waals surface area contributed by atoms with E-state index in [0.29, 0.717) is 12.3 Å². The fraction of sp³-hybridized carbons (Fsp3) is 0.455. The van der Waals surface area contributed by atoms with Crippen molar-refractivity contribution in [2.75, 3.05) is 0 Å². The monoisotopic (exact) mass is 269 g/mol. The van der Waals surface area contributed by atoms with Gasteiger partial charge in [-0.25, -0.2) is 4.98 Å². The van der Waals surface area contributed by atoms with E-state index in [4.69, 9.17) is 4.74 Å². The predicted octanol–water partition coefficient (Wildman–Crippen LogP) is 2.94. The smallest absolute Gasteiger partial charge is 0.312 e. The molecular weight excluding hydrogens is 258 g/mol. The highest BCUT2D eigenvalue weighted by Gasteiger charge is 2.22. The molecule has 0 bridgehead atoms. The predicted molar refractivity (Wildman–Crippen MR) is 59.5 cm³/mol. The third-order valence-electron chi connectivity index (χ3n) is 2.37. The Morgan fingerprint density at radius 3 is 2.93 bits per heavy atom. The average Bonchev–Trinajstić information content (AvgIpc) is 3.02. The van der Waals surface area contributed by atoms with Gasteiger partial charge in [-0.1, -0.05) is 12.8 Å². The number of carbonyl (C=O) groups is 1. The molecule has 2 rings (SSSR count). The lowest BCUT2D eigenvalue weighted by molar-refractivity contribution is -0.134. The molecule has 0 amide bonds. The number of hydrogen-bond acceptors (Lipinski definition) is 3. The van der Waals surface area contributed by atoms with E-state index >= 15 is 0 Å². The molecule has 4 heteroatoms. The largest absolute Gasteiger partial charge is 0.407 e. The number of hydrogen-bond donors (Lipinski definition) is 0. The second kappa shape index (κ2) is 4.75. The zero-order chi connectivity index (χ0) is 10.7. The maximum Gasteiger partial charge on any atom is 0.312 e. The van der Waals surface area contributed by atoms with E-state index < -0.39 is 0 Å². The number of nitrogens with zero attached hydrogens (tertiary/aromatic N) is 1. The molecule has 1 aliphatic rings. The number of halogens is 1. The van der Waals surface area contributed by atoms with Crippen LogP contribution in [-0.4, -0.2) is 11.0 Å². The van der Waals surface area contributed by atoms with Crippen molar-refractivity contribution in [3.05, 3.63) is 22.8 Å². The summed E-state index contributed by atoms with van der Waals surface area (Å²) in [6, 6.07) is 3.48. The van der Waals surface area contributed by atoms with Gasteiger partial charge >= 0.3 is 5.97 Å². The summed E-state index contributed by atoms with van der Waals surface area (Å²) in [5.74, 6) is 0.950. The molecule has 0 radical (unpaired) electrons. The number of rotatable bonds is 4. The highest BCUT2D eigenvalue weighted by atomic mass is 79.9. The standard InChI is InChI=1S/C11H12BrNO2/c12-9-4-5-10(13-7-9)15-11(14)6-3-8-1-2-8/h4-5,7-8H,1-3,6H2. The molecule has 1 aliphatic carbocycles. The molecule has 0 N–H and O–H groups in total. The third-order valence-corrected chi connectivity index (χ3v) is 2.84. The Morgan fingerprint density at radius 1 is 1.53 bits per heavy atom. The van der Waals surface area contributed by atoms with Crippen molar-refractivity contribution in [2.45, 2.75) is 25.7 Å². The van der Waals surface area contributed by atoms with Gasteiger partial charge in [-0.05, 0) is 34.3 Å². The molecule has 1 fully saturated rings. The van der Waals surface area contributed by atoms with Crippen LogP contribution >= 0.6 is 15.9 Å². The summed E-state index contributed by atoms with van der Waals surface area (Å²) >= 11 is 3.27. The normalized spacial score (nSPS) is 15.0. The topological polar surface area (TPSA) is 39.2 Å². The van der Waals surface area contributed by atoms with E-state index in [1.165, 1.54) is 12.8 Å². The van der Waals surface area contributed by atoms with E-state index in [2.05, 4.69) is 20.9 Å². The minimum Gasteiger partial charge on any atom is -0.407 e. The molecule has 0 aliphatic heterocycles. The van der Waals surface area contributed by atoms with Gasteiger partial charge in [0, 0.05) is 23.2 Å². The van der Waals surface area contributed by atoms with Gasteiger partial charge < -0.3 is 4.74 Å². The first kappa shape index (κ1) is 10.6. The average molecular weight is 270 g/mol. The summed E-state index contributed by atoms with van der Waals surface area (Å²) in [6.07, 6.45) is 5.61. The Morgan fingerprint density at radius 2 is 2.33 bits per heavy atom. The number of pyridine rings is 1. The molecule has 0 atom stereocenters. The molecule has 0 aromatic carbocycles. The Hall–Kier alpha value is -0.900. The summed E-state index contributed by atoms with van der Waals surface area (Å²) in [5.41, 5.74) is 0. The highest BCUT2D eigenvalue weighted by molar-refractivity contribution is 9.10. The number of carbonyl (C=O) groups excluding carboxylic acids is 1. The maximum absolute atomic E-state index is 11.4. The molecule has 15 heavy (non-hydrogen) atoms. The van der Waals surface area contributed by atoms with Crippen LogP contribution in [0.1, 0.15) is 25.7 Å². The molecule has 0 unspecified atom stereocenters. The van der Waals surface area contributed by atoms with Crippen molar-refractivity contribution in [3.63, 3.8) is 0 Å². The second-order valence-electron chi connectivity index (χ2n) is 3.77. The molecule has 1 aromatic rings. The first-order chi connectivity index (χ1) is 7.24. The highest BCUT2D eigenvalue weighted by Crippen LogP contribution is 2.33. The van der Waals surface area contributed by atoms with Crippen molar-refractivity contribution in [3.8, 4) is 5.88 Å². The van der Waals surface area contributed by atoms with Crippen molar-refractivity contribution in [2.24, 2.45) is 5.92 Å². The van der Waals surface area contributed by atoms with Crippen LogP contribution < -0.4 is 4.74 Å². The first-order valence-corrected chi connectivity index (χ1v) is 5.85. The van der Waals surface area contributed by atoms with Crippen molar-refractivity contribution < 1.29 is 9.53 Å². The van der Waals surface area contributed by atoms with Crippen LogP contribution in [0.25, 0.3) is 0 Å². The lowest BCUT2D eigenvalue weighted by Crippen LogP contribution is -2.08. The fourth-order valence-electron chi connectivity index (χ4n) is 1.32. The van der Waals surface area contributed by atoms with Gasteiger partial charge in [0.25, 0.3) is 0 Å². The van der Waals surface area contributed by atoms with E-state index in [-0.39, 0.29) is 5.97 Å². The Bertz CT molecular complexity index is 346. The van der Waals surface area contributed by atoms with Crippen LogP contribution in [0.3, 0.4) is 0 Å². The molecule has 1 heterocycles. The Balaban J connectivity index is 1.79. The van der Waals surface area contributed by atoms with Crippen LogP contribution in [0.2, 0.25) is 0 Å². The van der Waals surface area contributed by atoms with Crippen LogP contribution in [0.4, 0.5) is 0 Å². The lowest BCUT2D eigenvalue weighted by Gasteiger charge is -2.02. The zero-order valence-corrected chi connectivity index (χ0v) is 9.87. The number of ether oxygens (including phenoxy) is 1. The second-order valence-corrected chi connectivity index (χ2v) is 4.69. The summed E-state index contributed by atoms with van der Waals surface area (Å²) in [6.45, 7) is 0. The minimum atomic E-state index is -0.184. The minimum absolute atomic E-state index is 0.184. The van der Waals surface area contributed by atoms with Gasteiger partial charge in [-0.2, -0.15) is 0 Å². The van der Waals surface area contributed by atoms with E-state index in [1.807, 2.05) is 0 Å². The fourth-order valence-corrected chi connectivity index (χ4v) is 1.55. The molecular formula is C11H12BrNO2. The Kier molecular flexibility index (Phi) is 3.36. The van der Waals surface area contributed by atoms with E-state index in [0.717, 1.165) is 16.8 Å². The van der Waals surface area contributed by atoms with E-state index in [1.54, 1.807) is 18.3 Å². The van der Waals surface area contributed by atoms with Crippen molar-refractivity contribution in [1.29, 1.82) is 0 Å². The van der Waals surface area contributed by atoms with Crippen molar-refractivity contribution >= 4 is 21.9 Å². The molecule has 3 nitrogen and oxygen atoms in total. The maximum atomic E-state index is 11.4. The molecule has 1 aromatic heterocycles.